The second-order valence-corrected chi connectivity index (χ2v) is 10.6. The second-order valence-electron chi connectivity index (χ2n) is 7.92. The number of carbonyl (C=O) groups excluding carboxylic acids is 1. The molecule has 1 heterocycles. The molecule has 3 rings (SSSR count). The SMILES string of the molecule is CC(C)CS(=O)(=O)c1nsc(NC(=O)C(C#N)=Cc2ccc(OCc3ccccc3[N+](=O)[O-])cc2)n1. The zero-order chi connectivity index (χ0) is 26.3. The lowest BCUT2D eigenvalue weighted by Gasteiger charge is -2.07. The summed E-state index contributed by atoms with van der Waals surface area (Å²) in [6.45, 7) is 3.50. The number of hydrogen-bond acceptors (Lipinski definition) is 10. The van der Waals surface area contributed by atoms with E-state index in [0.29, 0.717) is 28.4 Å². The Bertz CT molecular complexity index is 1440. The van der Waals surface area contributed by atoms with Crippen LogP contribution in [-0.4, -0.2) is 34.4 Å². The van der Waals surface area contributed by atoms with Gasteiger partial charge in [-0.15, -0.1) is 0 Å². The number of aromatic nitrogens is 2. The summed E-state index contributed by atoms with van der Waals surface area (Å²) in [5, 5.41) is 22.5. The third kappa shape index (κ3) is 6.94. The molecule has 1 N–H and O–H groups in total. The van der Waals surface area contributed by atoms with E-state index in [1.165, 1.54) is 12.1 Å². The van der Waals surface area contributed by atoms with Crippen molar-refractivity contribution < 1.29 is 22.9 Å². The van der Waals surface area contributed by atoms with Gasteiger partial charge < -0.3 is 4.74 Å². The number of para-hydroxylation sites is 1. The molecule has 0 aliphatic heterocycles. The van der Waals surface area contributed by atoms with Crippen molar-refractivity contribution in [2.45, 2.75) is 25.6 Å². The molecule has 36 heavy (non-hydrogen) atoms. The summed E-state index contributed by atoms with van der Waals surface area (Å²) in [7, 11) is -3.67. The van der Waals surface area contributed by atoms with Gasteiger partial charge in [0.25, 0.3) is 16.8 Å². The van der Waals surface area contributed by atoms with Crippen LogP contribution in [0.3, 0.4) is 0 Å². The first-order chi connectivity index (χ1) is 17.1. The average Bonchev–Trinajstić information content (AvgIpc) is 3.30. The fourth-order valence-electron chi connectivity index (χ4n) is 3.01. The molecule has 1 amide bonds. The number of hydrogen-bond donors (Lipinski definition) is 1. The number of sulfone groups is 1. The van der Waals surface area contributed by atoms with Gasteiger partial charge in [-0.2, -0.15) is 14.6 Å². The van der Waals surface area contributed by atoms with Gasteiger partial charge in [-0.3, -0.25) is 20.2 Å². The molecule has 2 aromatic carbocycles. The summed E-state index contributed by atoms with van der Waals surface area (Å²) in [6, 6.07) is 14.5. The van der Waals surface area contributed by atoms with Crippen LogP contribution in [0.2, 0.25) is 0 Å². The maximum atomic E-state index is 12.5. The molecule has 0 aliphatic carbocycles. The van der Waals surface area contributed by atoms with Crippen LogP contribution in [0, 0.1) is 27.4 Å². The third-order valence-corrected chi connectivity index (χ3v) is 7.19. The third-order valence-electron chi connectivity index (χ3n) is 4.60. The summed E-state index contributed by atoms with van der Waals surface area (Å²) < 4.78 is 33.9. The molecule has 11 nitrogen and oxygen atoms in total. The maximum Gasteiger partial charge on any atom is 0.276 e. The first-order valence-electron chi connectivity index (χ1n) is 10.5. The Labute approximate surface area is 211 Å². The molecule has 0 spiro atoms. The normalized spacial score (nSPS) is 11.7. The highest BCUT2D eigenvalue weighted by molar-refractivity contribution is 7.91. The van der Waals surface area contributed by atoms with Gasteiger partial charge in [0.05, 0.1) is 16.2 Å². The standard InChI is InChI=1S/C23H21N5O6S2/c1-15(2)14-36(32,33)23-26-22(35-27-23)25-21(29)18(12-24)11-16-7-9-19(10-8-16)34-13-17-5-3-4-6-20(17)28(30)31/h3-11,15H,13-14H2,1-2H3,(H,25,26,27,29). The number of nitro benzene ring substituents is 1. The highest BCUT2D eigenvalue weighted by Gasteiger charge is 2.23. The van der Waals surface area contributed by atoms with Crippen LogP contribution in [-0.2, 0) is 21.2 Å². The lowest BCUT2D eigenvalue weighted by Crippen LogP contribution is -2.15. The number of ether oxygens (including phenoxy) is 1. The number of amides is 1. The first kappa shape index (κ1) is 26.5. The van der Waals surface area contributed by atoms with Crippen LogP contribution in [0.1, 0.15) is 25.0 Å². The Hall–Kier alpha value is -4.15. The highest BCUT2D eigenvalue weighted by Crippen LogP contribution is 2.22. The number of nitriles is 1. The summed E-state index contributed by atoms with van der Waals surface area (Å²) >= 11 is 0.707. The Morgan fingerprint density at radius 1 is 1.25 bits per heavy atom. The minimum absolute atomic E-state index is 0.00504. The Balaban J connectivity index is 1.66. The zero-order valence-corrected chi connectivity index (χ0v) is 20.9. The molecule has 0 bridgehead atoms. The monoisotopic (exact) mass is 527 g/mol. The molecular formula is C23H21N5O6S2. The van der Waals surface area contributed by atoms with Crippen LogP contribution < -0.4 is 10.1 Å². The maximum absolute atomic E-state index is 12.5. The smallest absolute Gasteiger partial charge is 0.276 e. The molecule has 13 heteroatoms. The Kier molecular flexibility index (Phi) is 8.46. The van der Waals surface area contributed by atoms with E-state index in [9.17, 15) is 28.6 Å². The fourth-order valence-corrected chi connectivity index (χ4v) is 5.36. The number of benzene rings is 2. The van der Waals surface area contributed by atoms with Crippen LogP contribution in [0.5, 0.6) is 5.75 Å². The first-order valence-corrected chi connectivity index (χ1v) is 13.0. The molecule has 0 atom stereocenters. The molecule has 0 radical (unpaired) electrons. The number of anilines is 1. The van der Waals surface area contributed by atoms with E-state index in [2.05, 4.69) is 14.7 Å². The minimum Gasteiger partial charge on any atom is -0.489 e. The number of nitrogens with zero attached hydrogens (tertiary/aromatic N) is 4. The summed E-state index contributed by atoms with van der Waals surface area (Å²) in [6.07, 6.45) is 1.35. The van der Waals surface area contributed by atoms with E-state index in [0.717, 1.165) is 0 Å². The van der Waals surface area contributed by atoms with Crippen molar-refractivity contribution in [3.8, 4) is 11.8 Å². The lowest BCUT2D eigenvalue weighted by molar-refractivity contribution is -0.385. The molecule has 3 aromatic rings. The van der Waals surface area contributed by atoms with Crippen molar-refractivity contribution in [3.63, 3.8) is 0 Å². The Morgan fingerprint density at radius 3 is 2.58 bits per heavy atom. The van der Waals surface area contributed by atoms with Crippen molar-refractivity contribution >= 4 is 44.2 Å². The van der Waals surface area contributed by atoms with E-state index < -0.39 is 20.7 Å². The van der Waals surface area contributed by atoms with Gasteiger partial charge >= 0.3 is 0 Å². The summed E-state index contributed by atoms with van der Waals surface area (Å²) in [5.41, 5.74) is 0.677. The topological polar surface area (TPSA) is 165 Å². The van der Waals surface area contributed by atoms with E-state index >= 15 is 0 Å². The van der Waals surface area contributed by atoms with Crippen LogP contribution >= 0.6 is 11.5 Å². The predicted octanol–water partition coefficient (Wildman–Crippen LogP) is 4.00. The van der Waals surface area contributed by atoms with Crippen molar-refractivity contribution in [3.05, 3.63) is 75.3 Å². The number of nitro groups is 1. The quantitative estimate of drug-likeness (QED) is 0.177. The molecule has 0 aliphatic rings. The van der Waals surface area contributed by atoms with Gasteiger partial charge in [-0.05, 0) is 35.8 Å². The van der Waals surface area contributed by atoms with Crippen molar-refractivity contribution in [1.29, 1.82) is 5.26 Å². The van der Waals surface area contributed by atoms with Crippen molar-refractivity contribution in [2.24, 2.45) is 5.92 Å². The average molecular weight is 528 g/mol. The number of nitrogens with one attached hydrogen (secondary N) is 1. The van der Waals surface area contributed by atoms with Crippen LogP contribution in [0.25, 0.3) is 6.08 Å². The van der Waals surface area contributed by atoms with Gasteiger partial charge in [0.15, 0.2) is 0 Å². The van der Waals surface area contributed by atoms with E-state index in [4.69, 9.17) is 4.74 Å². The molecule has 1 aromatic heterocycles. The largest absolute Gasteiger partial charge is 0.489 e. The molecule has 186 valence electrons. The fraction of sp³-hybridized carbons (Fsp3) is 0.217. The van der Waals surface area contributed by atoms with E-state index in [1.54, 1.807) is 62.4 Å². The van der Waals surface area contributed by atoms with Gasteiger partial charge in [0, 0.05) is 17.6 Å². The molecule has 0 unspecified atom stereocenters. The number of rotatable bonds is 10. The number of carbonyl (C=O) groups is 1. The van der Waals surface area contributed by atoms with Gasteiger partial charge in [0.2, 0.25) is 15.0 Å². The lowest BCUT2D eigenvalue weighted by atomic mass is 10.1. The van der Waals surface area contributed by atoms with Crippen LogP contribution in [0.4, 0.5) is 10.8 Å². The second kappa shape index (κ2) is 11.5. The van der Waals surface area contributed by atoms with Gasteiger partial charge in [0.1, 0.15) is 24.0 Å². The van der Waals surface area contributed by atoms with Gasteiger partial charge in [-0.1, -0.05) is 38.1 Å². The highest BCUT2D eigenvalue weighted by atomic mass is 32.2. The summed E-state index contributed by atoms with van der Waals surface area (Å²) in [5.74, 6) is -0.559. The van der Waals surface area contributed by atoms with E-state index in [-0.39, 0.29) is 39.8 Å². The van der Waals surface area contributed by atoms with Crippen molar-refractivity contribution in [1.82, 2.24) is 9.36 Å². The van der Waals surface area contributed by atoms with Gasteiger partial charge in [-0.25, -0.2) is 8.42 Å². The molecule has 0 saturated heterocycles. The zero-order valence-electron chi connectivity index (χ0n) is 19.2. The predicted molar refractivity (Wildman–Crippen MR) is 133 cm³/mol. The van der Waals surface area contributed by atoms with Crippen LogP contribution in [0.15, 0.2) is 59.3 Å². The summed E-state index contributed by atoms with van der Waals surface area (Å²) in [4.78, 5) is 27.0. The van der Waals surface area contributed by atoms with E-state index in [1.807, 2.05) is 0 Å². The Morgan fingerprint density at radius 2 is 1.94 bits per heavy atom. The molecular weight excluding hydrogens is 506 g/mol. The van der Waals surface area contributed by atoms with Crippen molar-refractivity contribution in [2.75, 3.05) is 11.1 Å². The molecule has 0 fully saturated rings. The molecule has 0 saturated carbocycles. The minimum atomic E-state index is -3.67.